The van der Waals surface area contributed by atoms with Crippen molar-refractivity contribution in [2.75, 3.05) is 6.54 Å². The minimum atomic E-state index is 0.792. The molecule has 2 aromatic rings. The molecule has 0 unspecified atom stereocenters. The van der Waals surface area contributed by atoms with Crippen molar-refractivity contribution in [3.8, 4) is 0 Å². The van der Waals surface area contributed by atoms with Crippen LogP contribution in [0.4, 0.5) is 0 Å². The van der Waals surface area contributed by atoms with Gasteiger partial charge < -0.3 is 9.88 Å². The molecule has 0 amide bonds. The molecule has 1 N–H and O–H groups in total. The van der Waals surface area contributed by atoms with Crippen LogP contribution in [0.3, 0.4) is 0 Å². The van der Waals surface area contributed by atoms with E-state index in [0.29, 0.717) is 0 Å². The van der Waals surface area contributed by atoms with Crippen LogP contribution in [0, 0.1) is 0 Å². The van der Waals surface area contributed by atoms with Gasteiger partial charge in [-0.3, -0.25) is 4.68 Å². The Hall–Kier alpha value is -1.69. The summed E-state index contributed by atoms with van der Waals surface area (Å²) < 4.78 is 4.10. The predicted octanol–water partition coefficient (Wildman–Crippen LogP) is 1.63. The number of hydrogen-bond acceptors (Lipinski definition) is 4. The maximum Gasteiger partial charge on any atom is 0.108 e. The lowest BCUT2D eigenvalue weighted by molar-refractivity contribution is 0.506. The molecule has 6 heteroatoms. The molecular formula is C14H24N6. The van der Waals surface area contributed by atoms with E-state index in [4.69, 9.17) is 0 Å². The lowest BCUT2D eigenvalue weighted by Gasteiger charge is -2.06. The lowest BCUT2D eigenvalue weighted by atomic mass is 10.3. The number of hydrogen-bond donors (Lipinski definition) is 1. The summed E-state index contributed by atoms with van der Waals surface area (Å²) in [6.45, 7) is 7.85. The highest BCUT2D eigenvalue weighted by atomic mass is 15.4. The first-order valence-electron chi connectivity index (χ1n) is 7.43. The Morgan fingerprint density at radius 1 is 1.20 bits per heavy atom. The summed E-state index contributed by atoms with van der Waals surface area (Å²) in [5.74, 6) is 1.15. The number of nitrogens with zero attached hydrogens (tertiary/aromatic N) is 5. The normalized spacial score (nSPS) is 11.1. The van der Waals surface area contributed by atoms with E-state index < -0.39 is 0 Å². The topological polar surface area (TPSA) is 60.6 Å². The Morgan fingerprint density at radius 2 is 2.10 bits per heavy atom. The van der Waals surface area contributed by atoms with Gasteiger partial charge >= 0.3 is 0 Å². The van der Waals surface area contributed by atoms with Crippen LogP contribution in [-0.2, 0) is 26.1 Å². The third-order valence-electron chi connectivity index (χ3n) is 3.16. The molecule has 2 aromatic heterocycles. The summed E-state index contributed by atoms with van der Waals surface area (Å²) in [6.07, 6.45) is 9.19. The van der Waals surface area contributed by atoms with E-state index in [9.17, 15) is 0 Å². The molecule has 0 atom stereocenters. The van der Waals surface area contributed by atoms with E-state index >= 15 is 0 Å². The van der Waals surface area contributed by atoms with Gasteiger partial charge in [-0.05, 0) is 19.4 Å². The fourth-order valence-electron chi connectivity index (χ4n) is 2.13. The van der Waals surface area contributed by atoms with Crippen molar-refractivity contribution in [1.29, 1.82) is 0 Å². The Labute approximate surface area is 120 Å². The maximum absolute atomic E-state index is 4.38. The van der Waals surface area contributed by atoms with E-state index in [1.807, 2.05) is 23.3 Å². The first kappa shape index (κ1) is 14.7. The smallest absolute Gasteiger partial charge is 0.108 e. The molecule has 0 saturated heterocycles. The van der Waals surface area contributed by atoms with Gasteiger partial charge in [-0.2, -0.15) is 0 Å². The van der Waals surface area contributed by atoms with Crippen LogP contribution in [0.2, 0.25) is 0 Å². The van der Waals surface area contributed by atoms with Crippen LogP contribution in [0.15, 0.2) is 18.6 Å². The van der Waals surface area contributed by atoms with Gasteiger partial charge in [-0.15, -0.1) is 5.10 Å². The minimum Gasteiger partial charge on any atom is -0.333 e. The highest BCUT2D eigenvalue weighted by Gasteiger charge is 2.03. The molecule has 2 rings (SSSR count). The summed E-state index contributed by atoms with van der Waals surface area (Å²) in [5.41, 5.74) is 0.998. The van der Waals surface area contributed by atoms with Crippen LogP contribution in [0.5, 0.6) is 0 Å². The molecule has 0 aliphatic heterocycles. The molecule has 0 spiro atoms. The standard InChI is InChI=1S/C14H24N6/c1-3-5-14-16-7-8-19(14)9-10-20-12-13(17-18-20)11-15-6-4-2/h7-8,12,15H,3-6,9-11H2,1-2H3. The number of imidazole rings is 1. The molecule has 20 heavy (non-hydrogen) atoms. The van der Waals surface area contributed by atoms with Gasteiger partial charge in [0.15, 0.2) is 0 Å². The average molecular weight is 276 g/mol. The maximum atomic E-state index is 4.38. The van der Waals surface area contributed by atoms with Crippen LogP contribution >= 0.6 is 0 Å². The van der Waals surface area contributed by atoms with Crippen molar-refractivity contribution in [3.05, 3.63) is 30.1 Å². The van der Waals surface area contributed by atoms with Crippen molar-refractivity contribution in [2.24, 2.45) is 0 Å². The first-order chi connectivity index (χ1) is 9.83. The third-order valence-corrected chi connectivity index (χ3v) is 3.16. The molecule has 2 heterocycles. The van der Waals surface area contributed by atoms with E-state index in [2.05, 4.69) is 39.0 Å². The second-order valence-electron chi connectivity index (χ2n) is 4.94. The van der Waals surface area contributed by atoms with Crippen molar-refractivity contribution in [3.63, 3.8) is 0 Å². The predicted molar refractivity (Wildman–Crippen MR) is 78.2 cm³/mol. The van der Waals surface area contributed by atoms with E-state index in [1.165, 1.54) is 0 Å². The molecular weight excluding hydrogens is 252 g/mol. The molecule has 110 valence electrons. The Kier molecular flexibility index (Phi) is 5.73. The molecule has 0 radical (unpaired) electrons. The van der Waals surface area contributed by atoms with Gasteiger partial charge in [-0.25, -0.2) is 4.98 Å². The minimum absolute atomic E-state index is 0.792. The van der Waals surface area contributed by atoms with Crippen LogP contribution < -0.4 is 5.32 Å². The fraction of sp³-hybridized carbons (Fsp3) is 0.643. The zero-order chi connectivity index (χ0) is 14.2. The SMILES string of the molecule is CCCNCc1cn(CCn2ccnc2CCC)nn1. The number of aryl methyl sites for hydroxylation is 3. The van der Waals surface area contributed by atoms with E-state index in [1.54, 1.807) is 0 Å². The first-order valence-corrected chi connectivity index (χ1v) is 7.43. The summed E-state index contributed by atoms with van der Waals surface area (Å²) in [6, 6.07) is 0. The monoisotopic (exact) mass is 276 g/mol. The highest BCUT2D eigenvalue weighted by molar-refractivity contribution is 4.93. The lowest BCUT2D eigenvalue weighted by Crippen LogP contribution is -2.14. The van der Waals surface area contributed by atoms with Crippen LogP contribution in [0.1, 0.15) is 38.2 Å². The Balaban J connectivity index is 1.83. The molecule has 0 fully saturated rings. The number of rotatable bonds is 9. The van der Waals surface area contributed by atoms with Gasteiger partial charge in [0, 0.05) is 38.1 Å². The summed E-state index contributed by atoms with van der Waals surface area (Å²) >= 11 is 0. The Morgan fingerprint density at radius 3 is 2.90 bits per heavy atom. The Bertz CT molecular complexity index is 501. The third kappa shape index (κ3) is 4.16. The average Bonchev–Trinajstić information content (AvgIpc) is 3.07. The molecule has 0 bridgehead atoms. The quantitative estimate of drug-likeness (QED) is 0.707. The fourth-order valence-corrected chi connectivity index (χ4v) is 2.13. The van der Waals surface area contributed by atoms with Crippen molar-refractivity contribution >= 4 is 0 Å². The summed E-state index contributed by atoms with van der Waals surface area (Å²) in [7, 11) is 0. The van der Waals surface area contributed by atoms with Gasteiger partial charge in [0.2, 0.25) is 0 Å². The zero-order valence-corrected chi connectivity index (χ0v) is 12.4. The second-order valence-corrected chi connectivity index (χ2v) is 4.94. The van der Waals surface area contributed by atoms with Gasteiger partial charge in [0.1, 0.15) is 5.82 Å². The van der Waals surface area contributed by atoms with Gasteiger partial charge in [0.05, 0.1) is 12.2 Å². The summed E-state index contributed by atoms with van der Waals surface area (Å²) in [5, 5.41) is 11.7. The highest BCUT2D eigenvalue weighted by Crippen LogP contribution is 2.02. The zero-order valence-electron chi connectivity index (χ0n) is 12.4. The molecule has 0 aromatic carbocycles. The van der Waals surface area contributed by atoms with Gasteiger partial charge in [-0.1, -0.05) is 19.1 Å². The molecule has 0 aliphatic carbocycles. The van der Waals surface area contributed by atoms with Crippen LogP contribution in [0.25, 0.3) is 0 Å². The summed E-state index contributed by atoms with van der Waals surface area (Å²) in [4.78, 5) is 4.38. The van der Waals surface area contributed by atoms with E-state index in [-0.39, 0.29) is 0 Å². The van der Waals surface area contributed by atoms with Gasteiger partial charge in [0.25, 0.3) is 0 Å². The number of aromatic nitrogens is 5. The molecule has 6 nitrogen and oxygen atoms in total. The number of nitrogens with one attached hydrogen (secondary N) is 1. The van der Waals surface area contributed by atoms with Crippen molar-refractivity contribution in [1.82, 2.24) is 29.9 Å². The van der Waals surface area contributed by atoms with Crippen molar-refractivity contribution in [2.45, 2.75) is 52.7 Å². The second kappa shape index (κ2) is 7.79. The molecule has 0 aliphatic rings. The largest absolute Gasteiger partial charge is 0.333 e. The van der Waals surface area contributed by atoms with Crippen molar-refractivity contribution < 1.29 is 0 Å². The van der Waals surface area contributed by atoms with Crippen LogP contribution in [-0.4, -0.2) is 31.1 Å². The molecule has 0 saturated carbocycles. The van der Waals surface area contributed by atoms with E-state index in [0.717, 1.165) is 57.0 Å².